The van der Waals surface area contributed by atoms with Crippen molar-refractivity contribution in [2.75, 3.05) is 13.2 Å². The topological polar surface area (TPSA) is 134 Å². The van der Waals surface area contributed by atoms with Crippen LogP contribution >= 0.6 is 0 Å². The standard InChI is InChI=1S/C40H47F5N6O4/c1-22(2)31(50-35(52)37(5)13-15-39(42,43)20-54-37)33-46-18-29(48-33)25-9-7-24(8-10-25)26-11-12-27(28(41)17-26)30-19-47-34(49-30)32(23(3)4)51-36(53)38(6)14-16-40(44,45)21-55-38/h7-12,17-19,22-23,31-32H,13-16,20-21H2,1-6H3,(H,46,48)(H,47,49)(H,50,52)(H,51,53). The number of hydrogen-bond donors (Lipinski definition) is 4. The van der Waals surface area contributed by atoms with Crippen molar-refractivity contribution < 1.29 is 41.0 Å². The maximum atomic E-state index is 15.6. The van der Waals surface area contributed by atoms with Crippen molar-refractivity contribution in [1.82, 2.24) is 30.6 Å². The minimum atomic E-state index is -2.97. The lowest BCUT2D eigenvalue weighted by Gasteiger charge is -2.37. The number of carbonyl (C=O) groups is 2. The molecule has 2 aliphatic heterocycles. The van der Waals surface area contributed by atoms with E-state index in [0.29, 0.717) is 28.6 Å². The Morgan fingerprint density at radius 1 is 0.673 bits per heavy atom. The van der Waals surface area contributed by atoms with Gasteiger partial charge in [0, 0.05) is 18.4 Å². The number of H-pyrrole nitrogens is 2. The maximum Gasteiger partial charge on any atom is 0.271 e. The van der Waals surface area contributed by atoms with E-state index in [4.69, 9.17) is 9.47 Å². The van der Waals surface area contributed by atoms with Gasteiger partial charge in [-0.05, 0) is 67.3 Å². The van der Waals surface area contributed by atoms with Gasteiger partial charge in [-0.3, -0.25) is 9.59 Å². The van der Waals surface area contributed by atoms with E-state index < -0.39 is 78.8 Å². The molecule has 2 aliphatic rings. The fourth-order valence-electron chi connectivity index (χ4n) is 6.74. The third-order valence-electron chi connectivity index (χ3n) is 10.6. The molecule has 4 N–H and O–H groups in total. The van der Waals surface area contributed by atoms with E-state index >= 15 is 4.39 Å². The van der Waals surface area contributed by atoms with Crippen molar-refractivity contribution in [3.63, 3.8) is 0 Å². The number of amides is 2. The normalized spacial score (nSPS) is 23.4. The Hall–Kier alpha value is -4.63. The number of halogens is 5. The van der Waals surface area contributed by atoms with Crippen molar-refractivity contribution in [1.29, 1.82) is 0 Å². The third kappa shape index (κ3) is 8.77. The van der Waals surface area contributed by atoms with Gasteiger partial charge in [-0.15, -0.1) is 0 Å². The van der Waals surface area contributed by atoms with Crippen molar-refractivity contribution in [2.45, 2.75) is 102 Å². The number of ether oxygens (including phenoxy) is 2. The van der Waals surface area contributed by atoms with E-state index in [-0.39, 0.29) is 30.2 Å². The lowest BCUT2D eigenvalue weighted by molar-refractivity contribution is -0.190. The average Bonchev–Trinajstić information content (AvgIpc) is 3.83. The SMILES string of the molecule is CC(C)C(NC(=O)C1(C)CCC(F)(F)CO1)c1ncc(-c2ccc(-c3ccc(-c4cnc(C(NC(=O)C5(C)CCC(F)(F)CO5)C(C)C)[nH]4)c(F)c3)cc2)[nH]1. The van der Waals surface area contributed by atoms with Gasteiger partial charge in [0.1, 0.15) is 41.9 Å². The number of imidazole rings is 2. The zero-order chi connectivity index (χ0) is 39.9. The van der Waals surface area contributed by atoms with Gasteiger partial charge in [-0.2, -0.15) is 0 Å². The molecular formula is C40H47F5N6O4. The summed E-state index contributed by atoms with van der Waals surface area (Å²) in [6.45, 7) is 8.98. The van der Waals surface area contributed by atoms with Gasteiger partial charge in [-0.25, -0.2) is 31.9 Å². The van der Waals surface area contributed by atoms with E-state index in [9.17, 15) is 27.2 Å². The van der Waals surface area contributed by atoms with E-state index in [1.807, 2.05) is 52.0 Å². The molecular weight excluding hydrogens is 723 g/mol. The first-order chi connectivity index (χ1) is 25.8. The van der Waals surface area contributed by atoms with Crippen molar-refractivity contribution in [3.05, 3.63) is 72.3 Å². The van der Waals surface area contributed by atoms with Crippen LogP contribution in [-0.2, 0) is 19.1 Å². The van der Waals surface area contributed by atoms with Crippen LogP contribution in [0.1, 0.15) is 91.0 Å². The first-order valence-electron chi connectivity index (χ1n) is 18.4. The van der Waals surface area contributed by atoms with E-state index in [0.717, 1.165) is 11.1 Å². The largest absolute Gasteiger partial charge is 0.359 e. The molecule has 2 fully saturated rings. The molecule has 4 unspecified atom stereocenters. The first-order valence-corrected chi connectivity index (χ1v) is 18.4. The van der Waals surface area contributed by atoms with Gasteiger partial charge in [-0.1, -0.05) is 58.0 Å². The van der Waals surface area contributed by atoms with Gasteiger partial charge in [0.15, 0.2) is 0 Å². The highest BCUT2D eigenvalue weighted by molar-refractivity contribution is 5.86. The van der Waals surface area contributed by atoms with Crippen LogP contribution in [0.5, 0.6) is 0 Å². The van der Waals surface area contributed by atoms with Crippen molar-refractivity contribution in [3.8, 4) is 33.6 Å². The maximum absolute atomic E-state index is 15.6. The number of hydrogen-bond acceptors (Lipinski definition) is 6. The monoisotopic (exact) mass is 770 g/mol. The second-order valence-corrected chi connectivity index (χ2v) is 15.8. The summed E-state index contributed by atoms with van der Waals surface area (Å²) in [5.41, 5.74) is 0.794. The van der Waals surface area contributed by atoms with Gasteiger partial charge in [0.2, 0.25) is 0 Å². The smallest absolute Gasteiger partial charge is 0.271 e. The number of carbonyl (C=O) groups excluding carboxylic acids is 2. The highest BCUT2D eigenvalue weighted by Crippen LogP contribution is 2.37. The molecule has 4 atom stereocenters. The number of aromatic nitrogens is 4. The number of rotatable bonds is 11. The molecule has 0 aliphatic carbocycles. The summed E-state index contributed by atoms with van der Waals surface area (Å²) in [7, 11) is 0. The molecule has 6 rings (SSSR count). The average molecular weight is 771 g/mol. The molecule has 0 bridgehead atoms. The van der Waals surface area contributed by atoms with E-state index in [2.05, 4.69) is 30.6 Å². The molecule has 2 amide bonds. The quantitative estimate of drug-likeness (QED) is 0.113. The van der Waals surface area contributed by atoms with Crippen LogP contribution in [0.25, 0.3) is 33.6 Å². The second kappa shape index (κ2) is 15.1. The van der Waals surface area contributed by atoms with Gasteiger partial charge in [0.25, 0.3) is 23.7 Å². The molecule has 2 aromatic carbocycles. The molecule has 15 heteroatoms. The Morgan fingerprint density at radius 3 is 1.55 bits per heavy atom. The summed E-state index contributed by atoms with van der Waals surface area (Å²) in [6.07, 6.45) is 2.03. The number of nitrogens with zero attached hydrogens (tertiary/aromatic N) is 2. The van der Waals surface area contributed by atoms with Crippen LogP contribution < -0.4 is 10.6 Å². The Kier molecular flexibility index (Phi) is 11.0. The Balaban J connectivity index is 1.12. The number of benzene rings is 2. The molecule has 0 radical (unpaired) electrons. The molecule has 4 aromatic rings. The third-order valence-corrected chi connectivity index (χ3v) is 10.6. The molecule has 4 heterocycles. The molecule has 2 saturated heterocycles. The Morgan fingerprint density at radius 2 is 1.11 bits per heavy atom. The molecule has 55 heavy (non-hydrogen) atoms. The summed E-state index contributed by atoms with van der Waals surface area (Å²) < 4.78 is 80.9. The molecule has 0 saturated carbocycles. The summed E-state index contributed by atoms with van der Waals surface area (Å²) in [6, 6.07) is 11.2. The fraction of sp³-hybridized carbons (Fsp3) is 0.500. The van der Waals surface area contributed by atoms with Crippen LogP contribution in [0.3, 0.4) is 0 Å². The number of aromatic amines is 2. The predicted octanol–water partition coefficient (Wildman–Crippen LogP) is 8.31. The summed E-state index contributed by atoms with van der Waals surface area (Å²) in [4.78, 5) is 41.7. The van der Waals surface area contributed by atoms with Gasteiger partial charge >= 0.3 is 0 Å². The number of alkyl halides is 4. The van der Waals surface area contributed by atoms with Gasteiger partial charge < -0.3 is 30.1 Å². The van der Waals surface area contributed by atoms with Crippen LogP contribution in [-0.4, -0.2) is 68.0 Å². The highest BCUT2D eigenvalue weighted by Gasteiger charge is 2.48. The molecule has 2 aromatic heterocycles. The number of nitrogens with one attached hydrogen (secondary N) is 4. The Bertz CT molecular complexity index is 1990. The van der Waals surface area contributed by atoms with Crippen LogP contribution in [0.2, 0.25) is 0 Å². The lowest BCUT2D eigenvalue weighted by atomic mass is 9.92. The van der Waals surface area contributed by atoms with Crippen molar-refractivity contribution >= 4 is 11.8 Å². The van der Waals surface area contributed by atoms with Crippen molar-refractivity contribution in [2.24, 2.45) is 11.8 Å². The second-order valence-electron chi connectivity index (χ2n) is 15.8. The van der Waals surface area contributed by atoms with E-state index in [1.54, 1.807) is 18.3 Å². The van der Waals surface area contributed by atoms with E-state index in [1.165, 1.54) is 26.1 Å². The summed E-state index contributed by atoms with van der Waals surface area (Å²) >= 11 is 0. The molecule has 10 nitrogen and oxygen atoms in total. The Labute approximate surface area is 316 Å². The zero-order valence-electron chi connectivity index (χ0n) is 31.7. The minimum Gasteiger partial charge on any atom is -0.359 e. The summed E-state index contributed by atoms with van der Waals surface area (Å²) in [5.74, 6) is -6.72. The van der Waals surface area contributed by atoms with Crippen LogP contribution in [0.4, 0.5) is 22.0 Å². The van der Waals surface area contributed by atoms with Gasteiger partial charge in [0.05, 0.1) is 35.9 Å². The minimum absolute atomic E-state index is 0.0758. The zero-order valence-corrected chi connectivity index (χ0v) is 31.7. The fourth-order valence-corrected chi connectivity index (χ4v) is 6.74. The van der Waals surface area contributed by atoms with Crippen LogP contribution in [0, 0.1) is 17.7 Å². The highest BCUT2D eigenvalue weighted by atomic mass is 19.3. The molecule has 296 valence electrons. The predicted molar refractivity (Wildman–Crippen MR) is 196 cm³/mol. The molecule has 0 spiro atoms. The summed E-state index contributed by atoms with van der Waals surface area (Å²) in [5, 5.41) is 5.82. The lowest BCUT2D eigenvalue weighted by Crippen LogP contribution is -2.53. The van der Waals surface area contributed by atoms with Crippen LogP contribution in [0.15, 0.2) is 54.9 Å². The first kappa shape index (κ1) is 40.0.